The summed E-state index contributed by atoms with van der Waals surface area (Å²) in [7, 11) is 0. The fraction of sp³-hybridized carbons (Fsp3) is 0.533. The van der Waals surface area contributed by atoms with Gasteiger partial charge in [0.2, 0.25) is 11.8 Å². The van der Waals surface area contributed by atoms with Crippen molar-refractivity contribution in [2.75, 3.05) is 32.8 Å². The zero-order chi connectivity index (χ0) is 16.8. The van der Waals surface area contributed by atoms with E-state index in [1.165, 1.54) is 11.8 Å². The van der Waals surface area contributed by atoms with Gasteiger partial charge in [-0.25, -0.2) is 0 Å². The predicted molar refractivity (Wildman–Crippen MR) is 84.2 cm³/mol. The number of carbonyl (C=O) groups excluding carboxylic acids is 2. The second kappa shape index (κ2) is 8.07. The number of hydrogen-bond donors (Lipinski definition) is 1. The number of rotatable bonds is 6. The molecule has 1 aliphatic heterocycles. The minimum Gasteiger partial charge on any atom is -0.480 e. The smallest absolute Gasteiger partial charge is 0.323 e. The summed E-state index contributed by atoms with van der Waals surface area (Å²) < 4.78 is 5.58. The Bertz CT molecular complexity index is 560. The summed E-state index contributed by atoms with van der Waals surface area (Å²) >= 11 is 1.54. The molecule has 1 aromatic rings. The van der Waals surface area contributed by atoms with Crippen LogP contribution in [-0.2, 0) is 25.5 Å². The molecule has 0 saturated carbocycles. The fourth-order valence-electron chi connectivity index (χ4n) is 2.44. The Labute approximate surface area is 138 Å². The van der Waals surface area contributed by atoms with E-state index >= 15 is 0 Å². The number of nitrogens with zero attached hydrogens (tertiary/aromatic N) is 2. The summed E-state index contributed by atoms with van der Waals surface area (Å²) in [5.41, 5.74) is 0. The molecule has 0 radical (unpaired) electrons. The highest BCUT2D eigenvalue weighted by Crippen LogP contribution is 2.13. The van der Waals surface area contributed by atoms with Crippen LogP contribution in [-0.4, -0.2) is 71.6 Å². The van der Waals surface area contributed by atoms with Crippen molar-refractivity contribution in [3.8, 4) is 0 Å². The quantitative estimate of drug-likeness (QED) is 0.812. The van der Waals surface area contributed by atoms with Gasteiger partial charge in [-0.3, -0.25) is 14.4 Å². The first-order valence-corrected chi connectivity index (χ1v) is 8.22. The molecule has 2 rings (SSSR count). The normalized spacial score (nSPS) is 17.8. The molecule has 2 amide bonds. The molecule has 0 aromatic carbocycles. The van der Waals surface area contributed by atoms with Crippen LogP contribution in [0.5, 0.6) is 0 Å². The van der Waals surface area contributed by atoms with Crippen molar-refractivity contribution in [3.05, 3.63) is 22.4 Å². The first-order valence-electron chi connectivity index (χ1n) is 7.34. The van der Waals surface area contributed by atoms with E-state index < -0.39 is 5.97 Å². The van der Waals surface area contributed by atoms with Crippen LogP contribution >= 0.6 is 11.3 Å². The molecular formula is C15H20N2O5S. The van der Waals surface area contributed by atoms with Crippen molar-refractivity contribution < 1.29 is 24.2 Å². The van der Waals surface area contributed by atoms with Gasteiger partial charge >= 0.3 is 5.97 Å². The van der Waals surface area contributed by atoms with Crippen molar-refractivity contribution in [1.29, 1.82) is 0 Å². The van der Waals surface area contributed by atoms with E-state index in [0.717, 1.165) is 4.88 Å². The average Bonchev–Trinajstić information content (AvgIpc) is 2.99. The molecule has 0 bridgehead atoms. The van der Waals surface area contributed by atoms with Crippen molar-refractivity contribution in [1.82, 2.24) is 9.80 Å². The zero-order valence-corrected chi connectivity index (χ0v) is 13.8. The van der Waals surface area contributed by atoms with Gasteiger partial charge in [0.15, 0.2) is 0 Å². The molecule has 1 unspecified atom stereocenters. The molecule has 0 aliphatic carbocycles. The van der Waals surface area contributed by atoms with E-state index in [-0.39, 0.29) is 31.0 Å². The van der Waals surface area contributed by atoms with Crippen LogP contribution in [0.3, 0.4) is 0 Å². The van der Waals surface area contributed by atoms with E-state index in [1.54, 1.807) is 16.2 Å². The molecule has 1 N–H and O–H groups in total. The van der Waals surface area contributed by atoms with Crippen LogP contribution in [0.25, 0.3) is 0 Å². The molecule has 1 atom stereocenters. The SMILES string of the molecule is CC(=O)N(CC(=O)O)CC1CN(C(=O)Cc2cccs2)CCO1. The molecule has 1 saturated heterocycles. The number of carbonyl (C=O) groups is 3. The number of ether oxygens (including phenoxy) is 1. The lowest BCUT2D eigenvalue weighted by atomic mass is 10.2. The lowest BCUT2D eigenvalue weighted by Gasteiger charge is -2.35. The molecule has 7 nitrogen and oxygen atoms in total. The molecule has 2 heterocycles. The van der Waals surface area contributed by atoms with Crippen LogP contribution in [0.2, 0.25) is 0 Å². The second-order valence-corrected chi connectivity index (χ2v) is 6.41. The van der Waals surface area contributed by atoms with Gasteiger partial charge in [-0.15, -0.1) is 11.3 Å². The fourth-order valence-corrected chi connectivity index (χ4v) is 3.14. The minimum atomic E-state index is -1.07. The van der Waals surface area contributed by atoms with Crippen LogP contribution in [0.15, 0.2) is 17.5 Å². The van der Waals surface area contributed by atoms with E-state index in [0.29, 0.717) is 26.1 Å². The largest absolute Gasteiger partial charge is 0.480 e. The first-order chi connectivity index (χ1) is 11.0. The average molecular weight is 340 g/mol. The highest BCUT2D eigenvalue weighted by Gasteiger charge is 2.27. The Morgan fingerprint density at radius 1 is 1.48 bits per heavy atom. The monoisotopic (exact) mass is 340 g/mol. The van der Waals surface area contributed by atoms with E-state index in [1.807, 2.05) is 17.5 Å². The molecule has 126 valence electrons. The van der Waals surface area contributed by atoms with Crippen molar-refractivity contribution in [2.45, 2.75) is 19.4 Å². The first kappa shape index (κ1) is 17.4. The van der Waals surface area contributed by atoms with Gasteiger partial charge in [0.25, 0.3) is 0 Å². The predicted octanol–water partition coefficient (Wildman–Crippen LogP) is 0.451. The van der Waals surface area contributed by atoms with Crippen molar-refractivity contribution in [3.63, 3.8) is 0 Å². The summed E-state index contributed by atoms with van der Waals surface area (Å²) in [6.07, 6.45) is -0.00469. The van der Waals surface area contributed by atoms with Crippen molar-refractivity contribution >= 4 is 29.1 Å². The Morgan fingerprint density at radius 2 is 2.26 bits per heavy atom. The van der Waals surface area contributed by atoms with Gasteiger partial charge in [0.05, 0.1) is 19.1 Å². The van der Waals surface area contributed by atoms with Gasteiger partial charge in [0, 0.05) is 31.4 Å². The summed E-state index contributed by atoms with van der Waals surface area (Å²) in [6.45, 7) is 2.40. The van der Waals surface area contributed by atoms with Crippen LogP contribution in [0.4, 0.5) is 0 Å². The number of hydrogen-bond acceptors (Lipinski definition) is 5. The minimum absolute atomic E-state index is 0.0216. The molecule has 0 spiro atoms. The third-order valence-electron chi connectivity index (χ3n) is 3.59. The zero-order valence-electron chi connectivity index (χ0n) is 12.9. The number of amides is 2. The maximum atomic E-state index is 12.3. The molecule has 23 heavy (non-hydrogen) atoms. The van der Waals surface area contributed by atoms with Crippen LogP contribution in [0, 0.1) is 0 Å². The number of morpholine rings is 1. The van der Waals surface area contributed by atoms with Gasteiger partial charge in [-0.05, 0) is 11.4 Å². The Morgan fingerprint density at radius 3 is 2.87 bits per heavy atom. The lowest BCUT2D eigenvalue weighted by molar-refractivity contribution is -0.147. The topological polar surface area (TPSA) is 87.2 Å². The summed E-state index contributed by atoms with van der Waals surface area (Å²) in [5.74, 6) is -1.37. The van der Waals surface area contributed by atoms with Gasteiger partial charge in [0.1, 0.15) is 6.54 Å². The third kappa shape index (κ3) is 5.33. The van der Waals surface area contributed by atoms with Gasteiger partial charge in [-0.2, -0.15) is 0 Å². The highest BCUT2D eigenvalue weighted by molar-refractivity contribution is 7.10. The highest BCUT2D eigenvalue weighted by atomic mass is 32.1. The Hall–Kier alpha value is -1.93. The lowest BCUT2D eigenvalue weighted by Crippen LogP contribution is -2.51. The summed E-state index contributed by atoms with van der Waals surface area (Å²) in [5, 5.41) is 10.8. The maximum absolute atomic E-state index is 12.3. The maximum Gasteiger partial charge on any atom is 0.323 e. The summed E-state index contributed by atoms with van der Waals surface area (Å²) in [4.78, 5) is 38.6. The van der Waals surface area contributed by atoms with Crippen LogP contribution < -0.4 is 0 Å². The number of carboxylic acids is 1. The Balaban J connectivity index is 1.90. The van der Waals surface area contributed by atoms with Crippen LogP contribution in [0.1, 0.15) is 11.8 Å². The third-order valence-corrected chi connectivity index (χ3v) is 4.47. The molecule has 1 fully saturated rings. The molecular weight excluding hydrogens is 320 g/mol. The molecule has 1 aromatic heterocycles. The Kier molecular flexibility index (Phi) is 6.12. The van der Waals surface area contributed by atoms with E-state index in [4.69, 9.17) is 9.84 Å². The van der Waals surface area contributed by atoms with Crippen molar-refractivity contribution in [2.24, 2.45) is 0 Å². The number of thiophene rings is 1. The standard InChI is InChI=1S/C15H20N2O5S/c1-11(18)17(10-15(20)21)9-12-8-16(4-5-22-12)14(19)7-13-3-2-6-23-13/h2-3,6,12H,4-5,7-10H2,1H3,(H,20,21). The number of carboxylic acid groups (broad SMARTS) is 1. The van der Waals surface area contributed by atoms with E-state index in [2.05, 4.69) is 0 Å². The summed E-state index contributed by atoms with van der Waals surface area (Å²) in [6, 6.07) is 3.83. The number of aliphatic carboxylic acids is 1. The van der Waals surface area contributed by atoms with Gasteiger partial charge < -0.3 is 19.6 Å². The molecule has 1 aliphatic rings. The van der Waals surface area contributed by atoms with Gasteiger partial charge in [-0.1, -0.05) is 6.07 Å². The second-order valence-electron chi connectivity index (χ2n) is 5.38. The van der Waals surface area contributed by atoms with E-state index in [9.17, 15) is 14.4 Å². The molecule has 8 heteroatoms.